The van der Waals surface area contributed by atoms with Gasteiger partial charge in [-0.05, 0) is 43.3 Å². The van der Waals surface area contributed by atoms with Crippen LogP contribution in [0.25, 0.3) is 0 Å². The molecule has 0 radical (unpaired) electrons. The lowest BCUT2D eigenvalue weighted by Crippen LogP contribution is -1.98. The molecule has 0 aromatic carbocycles. The topological polar surface area (TPSA) is 107 Å². The number of pyridine rings is 3. The SMILES string of the molecule is C=CCC(=O)c1ccncc1.CC(=O)c1ccncc1.O=CCC(=O)c1ccncc1. The summed E-state index contributed by atoms with van der Waals surface area (Å²) in [5.74, 6) is 0.00204. The number of aromatic nitrogens is 3. The van der Waals surface area contributed by atoms with Crippen LogP contribution in [0, 0.1) is 0 Å². The van der Waals surface area contributed by atoms with E-state index in [1.54, 1.807) is 67.3 Å². The molecule has 0 aliphatic rings. The Morgan fingerprint density at radius 2 is 1.06 bits per heavy atom. The van der Waals surface area contributed by atoms with Crippen molar-refractivity contribution < 1.29 is 19.2 Å². The number of rotatable bonds is 7. The van der Waals surface area contributed by atoms with Crippen molar-refractivity contribution in [3.05, 3.63) is 103 Å². The van der Waals surface area contributed by atoms with Crippen LogP contribution in [0.3, 0.4) is 0 Å². The van der Waals surface area contributed by atoms with Crippen LogP contribution in [0.5, 0.6) is 0 Å². The zero-order valence-electron chi connectivity index (χ0n) is 17.2. The minimum Gasteiger partial charge on any atom is -0.303 e. The molecule has 0 amide bonds. The van der Waals surface area contributed by atoms with Gasteiger partial charge in [0, 0.05) is 60.3 Å². The van der Waals surface area contributed by atoms with Gasteiger partial charge in [0.15, 0.2) is 17.3 Å². The fraction of sp³-hybridized carbons (Fsp3) is 0.125. The standard InChI is InChI=1S/C9H9NO.C8H7NO2.C7H7NO/c1-2-3-9(11)8-4-6-10-7-5-8;10-6-3-8(11)7-1-4-9-5-2-7;1-6(9)7-2-4-8-5-3-7/h2,4-7H,1,3H2;1-2,4-6H,3H2;2-5H,1H3. The molecule has 0 saturated carbocycles. The van der Waals surface area contributed by atoms with Crippen molar-refractivity contribution in [1.82, 2.24) is 15.0 Å². The Labute approximate surface area is 180 Å². The van der Waals surface area contributed by atoms with Crippen molar-refractivity contribution in [2.24, 2.45) is 0 Å². The molecule has 0 saturated heterocycles. The Bertz CT molecular complexity index is 918. The highest BCUT2D eigenvalue weighted by molar-refractivity contribution is 6.02. The number of carbonyl (C=O) groups excluding carboxylic acids is 4. The molecule has 0 unspecified atom stereocenters. The highest BCUT2D eigenvalue weighted by Crippen LogP contribution is 2.01. The van der Waals surface area contributed by atoms with Crippen molar-refractivity contribution >= 4 is 23.6 Å². The number of hydrogen-bond acceptors (Lipinski definition) is 7. The number of allylic oxidation sites excluding steroid dienone is 1. The van der Waals surface area contributed by atoms with Crippen LogP contribution >= 0.6 is 0 Å². The summed E-state index contributed by atoms with van der Waals surface area (Å²) in [6.45, 7) is 5.03. The first-order chi connectivity index (χ1) is 15.0. The van der Waals surface area contributed by atoms with Gasteiger partial charge in [-0.1, -0.05) is 6.08 Å². The summed E-state index contributed by atoms with van der Waals surface area (Å²) in [5, 5.41) is 0. The average Bonchev–Trinajstić information content (AvgIpc) is 2.82. The first-order valence-electron chi connectivity index (χ1n) is 9.31. The second-order valence-electron chi connectivity index (χ2n) is 5.97. The molecule has 7 heteroatoms. The third-order valence-electron chi connectivity index (χ3n) is 3.69. The van der Waals surface area contributed by atoms with Crippen molar-refractivity contribution in [3.8, 4) is 0 Å². The Kier molecular flexibility index (Phi) is 11.9. The number of hydrogen-bond donors (Lipinski definition) is 0. The van der Waals surface area contributed by atoms with E-state index in [1.165, 1.54) is 19.3 Å². The summed E-state index contributed by atoms with van der Waals surface area (Å²) in [6.07, 6.45) is 12.0. The van der Waals surface area contributed by atoms with Gasteiger partial charge in [0.2, 0.25) is 0 Å². The van der Waals surface area contributed by atoms with Crippen LogP contribution < -0.4 is 0 Å². The van der Waals surface area contributed by atoms with Crippen LogP contribution in [-0.4, -0.2) is 38.6 Å². The zero-order valence-corrected chi connectivity index (χ0v) is 17.2. The second kappa shape index (κ2) is 14.8. The summed E-state index contributed by atoms with van der Waals surface area (Å²) in [6, 6.07) is 9.97. The van der Waals surface area contributed by atoms with Gasteiger partial charge < -0.3 is 4.79 Å². The molecule has 3 heterocycles. The van der Waals surface area contributed by atoms with E-state index in [0.717, 1.165) is 0 Å². The largest absolute Gasteiger partial charge is 0.303 e. The average molecular weight is 417 g/mol. The van der Waals surface area contributed by atoms with E-state index in [-0.39, 0.29) is 23.8 Å². The molecule has 3 aromatic heterocycles. The zero-order chi connectivity index (χ0) is 22.9. The van der Waals surface area contributed by atoms with Crippen molar-refractivity contribution in [3.63, 3.8) is 0 Å². The highest BCUT2D eigenvalue weighted by Gasteiger charge is 2.02. The van der Waals surface area contributed by atoms with Gasteiger partial charge in [0.1, 0.15) is 6.29 Å². The van der Waals surface area contributed by atoms with Gasteiger partial charge in [-0.3, -0.25) is 29.3 Å². The lowest BCUT2D eigenvalue weighted by atomic mass is 10.1. The van der Waals surface area contributed by atoms with E-state index >= 15 is 0 Å². The highest BCUT2D eigenvalue weighted by atomic mass is 16.1. The van der Waals surface area contributed by atoms with Crippen LogP contribution in [0.15, 0.2) is 86.2 Å². The smallest absolute Gasteiger partial charge is 0.170 e. The molecule has 0 fully saturated rings. The maximum atomic E-state index is 11.1. The van der Waals surface area contributed by atoms with E-state index in [2.05, 4.69) is 21.5 Å². The molecule has 3 aromatic rings. The molecular formula is C24H23N3O4. The lowest BCUT2D eigenvalue weighted by Gasteiger charge is -1.93. The van der Waals surface area contributed by atoms with E-state index < -0.39 is 0 Å². The molecule has 3 rings (SSSR count). The van der Waals surface area contributed by atoms with Crippen molar-refractivity contribution in [2.45, 2.75) is 19.8 Å². The summed E-state index contributed by atoms with van der Waals surface area (Å²) < 4.78 is 0. The van der Waals surface area contributed by atoms with Crippen molar-refractivity contribution in [2.75, 3.05) is 0 Å². The van der Waals surface area contributed by atoms with Gasteiger partial charge in [0.25, 0.3) is 0 Å². The summed E-state index contributed by atoms with van der Waals surface area (Å²) in [4.78, 5) is 54.0. The number of nitrogens with zero attached hydrogens (tertiary/aromatic N) is 3. The summed E-state index contributed by atoms with van der Waals surface area (Å²) in [5.41, 5.74) is 1.94. The molecule has 0 atom stereocenters. The monoisotopic (exact) mass is 417 g/mol. The van der Waals surface area contributed by atoms with Crippen LogP contribution in [0.4, 0.5) is 0 Å². The quantitative estimate of drug-likeness (QED) is 0.248. The number of Topliss-reactive ketones (excluding diaryl/α,β-unsaturated/α-hetero) is 3. The predicted molar refractivity (Wildman–Crippen MR) is 117 cm³/mol. The third-order valence-corrected chi connectivity index (χ3v) is 3.69. The van der Waals surface area contributed by atoms with Crippen molar-refractivity contribution in [1.29, 1.82) is 0 Å². The van der Waals surface area contributed by atoms with Gasteiger partial charge in [-0.2, -0.15) is 0 Å². The maximum Gasteiger partial charge on any atom is 0.170 e. The molecule has 7 nitrogen and oxygen atoms in total. The van der Waals surface area contributed by atoms with Gasteiger partial charge >= 0.3 is 0 Å². The lowest BCUT2D eigenvalue weighted by molar-refractivity contribution is -0.107. The molecule has 0 aliphatic carbocycles. The number of carbonyl (C=O) groups is 4. The molecule has 0 N–H and O–H groups in total. The molecule has 158 valence electrons. The fourth-order valence-corrected chi connectivity index (χ4v) is 2.10. The first-order valence-corrected chi connectivity index (χ1v) is 9.31. The van der Waals surface area contributed by atoms with E-state index in [4.69, 9.17) is 0 Å². The van der Waals surface area contributed by atoms with E-state index in [1.807, 2.05) is 0 Å². The Hall–Kier alpha value is -4.13. The Morgan fingerprint density at radius 3 is 1.35 bits per heavy atom. The Morgan fingerprint density at radius 1 is 0.710 bits per heavy atom. The van der Waals surface area contributed by atoms with Gasteiger partial charge in [0.05, 0.1) is 6.42 Å². The normalized spacial score (nSPS) is 9.06. The molecule has 0 bridgehead atoms. The van der Waals surface area contributed by atoms with Crippen LogP contribution in [-0.2, 0) is 4.79 Å². The van der Waals surface area contributed by atoms with Crippen LogP contribution in [0.1, 0.15) is 50.8 Å². The minimum absolute atomic E-state index is 0.0516. The molecule has 0 spiro atoms. The molecule has 0 aliphatic heterocycles. The van der Waals surface area contributed by atoms with Crippen LogP contribution in [0.2, 0.25) is 0 Å². The first kappa shape index (κ1) is 24.9. The number of ketones is 3. The van der Waals surface area contributed by atoms with E-state index in [9.17, 15) is 19.2 Å². The predicted octanol–water partition coefficient (Wildman–Crippen LogP) is 3.98. The van der Waals surface area contributed by atoms with Gasteiger partial charge in [-0.15, -0.1) is 6.58 Å². The molecule has 31 heavy (non-hydrogen) atoms. The fourth-order valence-electron chi connectivity index (χ4n) is 2.10. The second-order valence-corrected chi connectivity index (χ2v) is 5.97. The Balaban J connectivity index is 0.000000234. The molecular weight excluding hydrogens is 394 g/mol. The van der Waals surface area contributed by atoms with E-state index in [0.29, 0.717) is 29.4 Å². The van der Waals surface area contributed by atoms with Gasteiger partial charge in [-0.25, -0.2) is 0 Å². The third kappa shape index (κ3) is 10.3. The summed E-state index contributed by atoms with van der Waals surface area (Å²) in [7, 11) is 0. The maximum absolute atomic E-state index is 11.1. The minimum atomic E-state index is -0.164. The number of aldehydes is 1. The summed E-state index contributed by atoms with van der Waals surface area (Å²) >= 11 is 0.